The summed E-state index contributed by atoms with van der Waals surface area (Å²) in [6.45, 7) is 2.01. The van der Waals surface area contributed by atoms with Crippen molar-refractivity contribution in [3.8, 4) is 17.1 Å². The van der Waals surface area contributed by atoms with Gasteiger partial charge in [-0.2, -0.15) is 0 Å². The van der Waals surface area contributed by atoms with Gasteiger partial charge in [0.2, 0.25) is 0 Å². The normalized spacial score (nSPS) is 10.9. The molecule has 0 N–H and O–H groups in total. The SMILES string of the molecule is COc1cccc(-c2nc(Cl)c3ccc(Br)c(C)c3n2)c1. The fourth-order valence-electron chi connectivity index (χ4n) is 2.16. The van der Waals surface area contributed by atoms with E-state index in [2.05, 4.69) is 25.9 Å². The Bertz CT molecular complexity index is 836. The van der Waals surface area contributed by atoms with Gasteiger partial charge in [0.05, 0.1) is 12.6 Å². The van der Waals surface area contributed by atoms with Crippen molar-refractivity contribution in [1.82, 2.24) is 9.97 Å². The molecule has 3 rings (SSSR count). The predicted molar refractivity (Wildman–Crippen MR) is 89.0 cm³/mol. The third-order valence-corrected chi connectivity index (χ3v) is 4.48. The number of aromatic nitrogens is 2. The number of fused-ring (bicyclic) bond motifs is 1. The predicted octanol–water partition coefficient (Wildman–Crippen LogP) is 5.03. The monoisotopic (exact) mass is 362 g/mol. The van der Waals surface area contributed by atoms with Crippen LogP contribution in [0.2, 0.25) is 5.15 Å². The molecule has 0 spiro atoms. The fourth-order valence-corrected chi connectivity index (χ4v) is 2.71. The van der Waals surface area contributed by atoms with Crippen LogP contribution in [-0.2, 0) is 0 Å². The molecule has 106 valence electrons. The molecule has 0 radical (unpaired) electrons. The Morgan fingerprint density at radius 2 is 1.95 bits per heavy atom. The molecule has 1 heterocycles. The van der Waals surface area contributed by atoms with Crippen molar-refractivity contribution < 1.29 is 4.74 Å². The third-order valence-electron chi connectivity index (χ3n) is 3.34. The molecule has 0 saturated carbocycles. The Morgan fingerprint density at radius 1 is 1.14 bits per heavy atom. The highest BCUT2D eigenvalue weighted by Crippen LogP contribution is 2.31. The summed E-state index contributed by atoms with van der Waals surface area (Å²) in [6.07, 6.45) is 0. The number of halogens is 2. The molecule has 2 aromatic carbocycles. The summed E-state index contributed by atoms with van der Waals surface area (Å²) in [7, 11) is 1.63. The standard InChI is InChI=1S/C16H12BrClN2O/c1-9-13(17)7-6-12-14(9)19-16(20-15(12)18)10-4-3-5-11(8-10)21-2/h3-8H,1-2H3. The molecule has 0 unspecified atom stereocenters. The van der Waals surface area contributed by atoms with Gasteiger partial charge >= 0.3 is 0 Å². The van der Waals surface area contributed by atoms with Gasteiger partial charge in [0.1, 0.15) is 10.9 Å². The molecule has 0 aliphatic rings. The first-order valence-corrected chi connectivity index (χ1v) is 7.54. The smallest absolute Gasteiger partial charge is 0.161 e. The molecule has 0 fully saturated rings. The maximum Gasteiger partial charge on any atom is 0.161 e. The van der Waals surface area contributed by atoms with Gasteiger partial charge in [0.25, 0.3) is 0 Å². The Hall–Kier alpha value is -1.65. The second kappa shape index (κ2) is 5.62. The molecule has 3 aromatic rings. The van der Waals surface area contributed by atoms with Crippen molar-refractivity contribution in [2.75, 3.05) is 7.11 Å². The molecule has 0 bridgehead atoms. The number of methoxy groups -OCH3 is 1. The lowest BCUT2D eigenvalue weighted by Gasteiger charge is -2.09. The average molecular weight is 364 g/mol. The van der Waals surface area contributed by atoms with Gasteiger partial charge in [-0.05, 0) is 36.8 Å². The zero-order chi connectivity index (χ0) is 15.0. The van der Waals surface area contributed by atoms with E-state index in [-0.39, 0.29) is 0 Å². The van der Waals surface area contributed by atoms with E-state index in [0.29, 0.717) is 11.0 Å². The van der Waals surface area contributed by atoms with Gasteiger partial charge in [-0.15, -0.1) is 0 Å². The van der Waals surface area contributed by atoms with Gasteiger partial charge in [-0.25, -0.2) is 9.97 Å². The third kappa shape index (κ3) is 2.61. The van der Waals surface area contributed by atoms with Crippen LogP contribution in [0.15, 0.2) is 40.9 Å². The minimum absolute atomic E-state index is 0.452. The van der Waals surface area contributed by atoms with E-state index in [9.17, 15) is 0 Å². The number of hydrogen-bond donors (Lipinski definition) is 0. The van der Waals surface area contributed by atoms with E-state index >= 15 is 0 Å². The number of rotatable bonds is 2. The van der Waals surface area contributed by atoms with Gasteiger partial charge in [0.15, 0.2) is 5.82 Å². The van der Waals surface area contributed by atoms with Gasteiger partial charge in [-0.3, -0.25) is 0 Å². The maximum absolute atomic E-state index is 6.31. The minimum atomic E-state index is 0.452. The number of benzene rings is 2. The Labute approximate surface area is 136 Å². The van der Waals surface area contributed by atoms with Crippen LogP contribution in [0.3, 0.4) is 0 Å². The molecule has 3 nitrogen and oxygen atoms in total. The van der Waals surface area contributed by atoms with E-state index in [1.807, 2.05) is 43.3 Å². The van der Waals surface area contributed by atoms with Crippen LogP contribution in [0.4, 0.5) is 0 Å². The fraction of sp³-hybridized carbons (Fsp3) is 0.125. The van der Waals surface area contributed by atoms with Crippen LogP contribution in [-0.4, -0.2) is 17.1 Å². The molecular formula is C16H12BrClN2O. The van der Waals surface area contributed by atoms with Crippen molar-refractivity contribution in [2.24, 2.45) is 0 Å². The molecule has 0 amide bonds. The second-order valence-corrected chi connectivity index (χ2v) is 5.85. The zero-order valence-electron chi connectivity index (χ0n) is 11.5. The van der Waals surface area contributed by atoms with E-state index in [0.717, 1.165) is 32.3 Å². The van der Waals surface area contributed by atoms with Crippen LogP contribution in [0.25, 0.3) is 22.3 Å². The topological polar surface area (TPSA) is 35.0 Å². The summed E-state index contributed by atoms with van der Waals surface area (Å²) in [6, 6.07) is 11.5. The molecule has 5 heteroatoms. The van der Waals surface area contributed by atoms with Crippen molar-refractivity contribution in [3.05, 3.63) is 51.6 Å². The molecule has 0 aliphatic carbocycles. The van der Waals surface area contributed by atoms with E-state index in [1.165, 1.54) is 0 Å². The molecule has 0 saturated heterocycles. The summed E-state index contributed by atoms with van der Waals surface area (Å²) >= 11 is 9.83. The first-order chi connectivity index (χ1) is 10.1. The highest BCUT2D eigenvalue weighted by Gasteiger charge is 2.11. The van der Waals surface area contributed by atoms with Crippen LogP contribution < -0.4 is 4.74 Å². The zero-order valence-corrected chi connectivity index (χ0v) is 13.9. The first-order valence-electron chi connectivity index (χ1n) is 6.37. The average Bonchev–Trinajstić information content (AvgIpc) is 2.51. The molecule has 0 aliphatic heterocycles. The number of ether oxygens (including phenoxy) is 1. The number of hydrogen-bond acceptors (Lipinski definition) is 3. The molecule has 21 heavy (non-hydrogen) atoms. The summed E-state index contributed by atoms with van der Waals surface area (Å²) in [5.41, 5.74) is 2.76. The van der Waals surface area contributed by atoms with Crippen molar-refractivity contribution in [1.29, 1.82) is 0 Å². The van der Waals surface area contributed by atoms with Crippen LogP contribution >= 0.6 is 27.5 Å². The summed E-state index contributed by atoms with van der Waals surface area (Å²) in [5.74, 6) is 1.35. The molecular weight excluding hydrogens is 352 g/mol. The summed E-state index contributed by atoms with van der Waals surface area (Å²) in [5, 5.41) is 1.30. The van der Waals surface area contributed by atoms with Crippen molar-refractivity contribution >= 4 is 38.4 Å². The van der Waals surface area contributed by atoms with Crippen LogP contribution in [0.1, 0.15) is 5.56 Å². The lowest BCUT2D eigenvalue weighted by molar-refractivity contribution is 0.415. The van der Waals surface area contributed by atoms with E-state index in [1.54, 1.807) is 7.11 Å². The highest BCUT2D eigenvalue weighted by atomic mass is 79.9. The highest BCUT2D eigenvalue weighted by molar-refractivity contribution is 9.10. The van der Waals surface area contributed by atoms with E-state index in [4.69, 9.17) is 16.3 Å². The lowest BCUT2D eigenvalue weighted by atomic mass is 10.1. The van der Waals surface area contributed by atoms with Crippen LogP contribution in [0.5, 0.6) is 5.75 Å². The number of nitrogens with zero attached hydrogens (tertiary/aromatic N) is 2. The Morgan fingerprint density at radius 3 is 2.71 bits per heavy atom. The van der Waals surface area contributed by atoms with Crippen LogP contribution in [0, 0.1) is 6.92 Å². The lowest BCUT2D eigenvalue weighted by Crippen LogP contribution is -1.94. The molecule has 1 aromatic heterocycles. The largest absolute Gasteiger partial charge is 0.497 e. The van der Waals surface area contributed by atoms with E-state index < -0.39 is 0 Å². The van der Waals surface area contributed by atoms with Gasteiger partial charge in [0, 0.05) is 15.4 Å². The quantitative estimate of drug-likeness (QED) is 0.599. The Balaban J connectivity index is 2.26. The first kappa shape index (κ1) is 14.3. The molecule has 0 atom stereocenters. The minimum Gasteiger partial charge on any atom is -0.497 e. The van der Waals surface area contributed by atoms with Crippen molar-refractivity contribution in [2.45, 2.75) is 6.92 Å². The maximum atomic E-state index is 6.31. The van der Waals surface area contributed by atoms with Gasteiger partial charge < -0.3 is 4.74 Å². The van der Waals surface area contributed by atoms with Gasteiger partial charge in [-0.1, -0.05) is 39.7 Å². The summed E-state index contributed by atoms with van der Waals surface area (Å²) < 4.78 is 6.24. The summed E-state index contributed by atoms with van der Waals surface area (Å²) in [4.78, 5) is 9.06. The second-order valence-electron chi connectivity index (χ2n) is 4.64. The Kier molecular flexibility index (Phi) is 3.83. The number of aryl methyl sites for hydroxylation is 1. The van der Waals surface area contributed by atoms with Crippen molar-refractivity contribution in [3.63, 3.8) is 0 Å².